The van der Waals surface area contributed by atoms with Crippen LogP contribution in [0.5, 0.6) is 0 Å². The molecule has 3 N–H and O–H groups in total. The minimum Gasteiger partial charge on any atom is -0.469 e. The zero-order valence-electron chi connectivity index (χ0n) is 10.9. The molecule has 0 aliphatic heterocycles. The van der Waals surface area contributed by atoms with E-state index in [1.807, 2.05) is 36.4 Å². The maximum absolute atomic E-state index is 11.0. The number of nitrogens with two attached hydrogens (primary N) is 1. The lowest BCUT2D eigenvalue weighted by Gasteiger charge is -2.16. The number of anilines is 1. The molecule has 2 rings (SSSR count). The zero-order valence-corrected chi connectivity index (χ0v) is 10.9. The minimum atomic E-state index is -0.326. The molecule has 4 nitrogen and oxygen atoms in total. The molecule has 4 heteroatoms. The first-order valence-corrected chi connectivity index (χ1v) is 6.30. The third kappa shape index (κ3) is 3.88. The summed E-state index contributed by atoms with van der Waals surface area (Å²) in [5.74, 6) is 0.611. The first-order valence-electron chi connectivity index (χ1n) is 6.30. The molecule has 100 valence electrons. The lowest BCUT2D eigenvalue weighted by atomic mass is 10.1. The van der Waals surface area contributed by atoms with Gasteiger partial charge in [-0.05, 0) is 30.7 Å². The van der Waals surface area contributed by atoms with Gasteiger partial charge < -0.3 is 15.5 Å². The van der Waals surface area contributed by atoms with Crippen LogP contribution in [0.3, 0.4) is 0 Å². The summed E-state index contributed by atoms with van der Waals surface area (Å²) in [6.07, 6.45) is 2.71. The Hall–Kier alpha value is -2.23. The molecule has 0 radical (unpaired) electrons. The smallest absolute Gasteiger partial charge is 0.221 e. The fourth-order valence-electron chi connectivity index (χ4n) is 2.05. The van der Waals surface area contributed by atoms with Crippen molar-refractivity contribution in [1.29, 1.82) is 0 Å². The van der Waals surface area contributed by atoms with Crippen molar-refractivity contribution in [3.05, 3.63) is 54.0 Å². The van der Waals surface area contributed by atoms with Gasteiger partial charge in [-0.3, -0.25) is 4.79 Å². The van der Waals surface area contributed by atoms with E-state index in [0.29, 0.717) is 0 Å². The molecule has 19 heavy (non-hydrogen) atoms. The van der Waals surface area contributed by atoms with E-state index < -0.39 is 0 Å². The molecule has 1 aromatic heterocycles. The van der Waals surface area contributed by atoms with Crippen LogP contribution in [0.25, 0.3) is 0 Å². The molecule has 1 heterocycles. The fourth-order valence-corrected chi connectivity index (χ4v) is 2.05. The summed E-state index contributed by atoms with van der Waals surface area (Å²) >= 11 is 0. The van der Waals surface area contributed by atoms with Crippen LogP contribution < -0.4 is 11.1 Å². The number of furan rings is 1. The third-order valence-electron chi connectivity index (χ3n) is 2.87. The second kappa shape index (κ2) is 6.09. The Morgan fingerprint density at radius 2 is 2.11 bits per heavy atom. The number of primary amides is 1. The largest absolute Gasteiger partial charge is 0.469 e. The summed E-state index contributed by atoms with van der Waals surface area (Å²) in [6.45, 7) is 2.07. The second-order valence-electron chi connectivity index (χ2n) is 4.63. The van der Waals surface area contributed by atoms with Crippen LogP contribution in [0.4, 0.5) is 5.69 Å². The summed E-state index contributed by atoms with van der Waals surface area (Å²) < 4.78 is 5.32. The molecule has 1 unspecified atom stereocenters. The Balaban J connectivity index is 2.03. The summed E-state index contributed by atoms with van der Waals surface area (Å²) in [5, 5.41) is 3.39. The SMILES string of the molecule is CC(Cc1ccco1)Nc1ccccc1CC(N)=O. The van der Waals surface area contributed by atoms with Crippen LogP contribution in [-0.4, -0.2) is 11.9 Å². The summed E-state index contributed by atoms with van der Waals surface area (Å²) in [7, 11) is 0. The molecular formula is C15H18N2O2. The lowest BCUT2D eigenvalue weighted by molar-refractivity contribution is -0.117. The predicted octanol–water partition coefficient (Wildman–Crippen LogP) is 2.35. The van der Waals surface area contributed by atoms with Crippen molar-refractivity contribution in [3.63, 3.8) is 0 Å². The van der Waals surface area contributed by atoms with E-state index in [9.17, 15) is 4.79 Å². The van der Waals surface area contributed by atoms with Crippen LogP contribution in [-0.2, 0) is 17.6 Å². The summed E-state index contributed by atoms with van der Waals surface area (Å²) in [4.78, 5) is 11.0. The molecule has 2 aromatic rings. The van der Waals surface area contributed by atoms with Crippen LogP contribution in [0.15, 0.2) is 47.1 Å². The lowest BCUT2D eigenvalue weighted by Crippen LogP contribution is -2.20. The highest BCUT2D eigenvalue weighted by molar-refractivity contribution is 5.78. The molecule has 1 atom stereocenters. The van der Waals surface area contributed by atoms with E-state index in [2.05, 4.69) is 12.2 Å². The number of carbonyl (C=O) groups excluding carboxylic acids is 1. The van der Waals surface area contributed by atoms with Gasteiger partial charge in [0.05, 0.1) is 12.7 Å². The van der Waals surface area contributed by atoms with Crippen LogP contribution in [0.1, 0.15) is 18.2 Å². The predicted molar refractivity (Wildman–Crippen MR) is 74.8 cm³/mol. The number of carbonyl (C=O) groups is 1. The molecule has 0 saturated carbocycles. The number of hydrogen-bond donors (Lipinski definition) is 2. The molecule has 0 aliphatic rings. The Morgan fingerprint density at radius 3 is 2.79 bits per heavy atom. The molecule has 0 aliphatic carbocycles. The van der Waals surface area contributed by atoms with E-state index in [-0.39, 0.29) is 18.4 Å². The van der Waals surface area contributed by atoms with Crippen molar-refractivity contribution in [2.45, 2.75) is 25.8 Å². The Morgan fingerprint density at radius 1 is 1.32 bits per heavy atom. The van der Waals surface area contributed by atoms with Gasteiger partial charge in [-0.2, -0.15) is 0 Å². The quantitative estimate of drug-likeness (QED) is 0.835. The highest BCUT2D eigenvalue weighted by atomic mass is 16.3. The third-order valence-corrected chi connectivity index (χ3v) is 2.87. The van der Waals surface area contributed by atoms with Crippen molar-refractivity contribution in [3.8, 4) is 0 Å². The van der Waals surface area contributed by atoms with Crippen molar-refractivity contribution < 1.29 is 9.21 Å². The van der Waals surface area contributed by atoms with Gasteiger partial charge >= 0.3 is 0 Å². The van der Waals surface area contributed by atoms with E-state index >= 15 is 0 Å². The van der Waals surface area contributed by atoms with Gasteiger partial charge in [0.15, 0.2) is 0 Å². The number of benzene rings is 1. The fraction of sp³-hybridized carbons (Fsp3) is 0.267. The number of amides is 1. The second-order valence-corrected chi connectivity index (χ2v) is 4.63. The highest BCUT2D eigenvalue weighted by Crippen LogP contribution is 2.17. The van der Waals surface area contributed by atoms with Gasteiger partial charge in [-0.25, -0.2) is 0 Å². The molecule has 1 amide bonds. The number of nitrogens with one attached hydrogen (secondary N) is 1. The van der Waals surface area contributed by atoms with Crippen LogP contribution >= 0.6 is 0 Å². The van der Waals surface area contributed by atoms with Crippen molar-refractivity contribution in [2.24, 2.45) is 5.73 Å². The number of hydrogen-bond acceptors (Lipinski definition) is 3. The Labute approximate surface area is 112 Å². The van der Waals surface area contributed by atoms with Gasteiger partial charge in [0.25, 0.3) is 0 Å². The molecule has 0 saturated heterocycles. The van der Waals surface area contributed by atoms with E-state index in [4.69, 9.17) is 10.2 Å². The van der Waals surface area contributed by atoms with Gasteiger partial charge in [0, 0.05) is 18.2 Å². The molecule has 0 bridgehead atoms. The first-order chi connectivity index (χ1) is 9.15. The highest BCUT2D eigenvalue weighted by Gasteiger charge is 2.09. The average Bonchev–Trinajstić information content (AvgIpc) is 2.83. The maximum atomic E-state index is 11.0. The molecular weight excluding hydrogens is 240 g/mol. The van der Waals surface area contributed by atoms with Crippen molar-refractivity contribution in [2.75, 3.05) is 5.32 Å². The monoisotopic (exact) mass is 258 g/mol. The van der Waals surface area contributed by atoms with Gasteiger partial charge in [-0.15, -0.1) is 0 Å². The van der Waals surface area contributed by atoms with Gasteiger partial charge in [0.2, 0.25) is 5.91 Å². The maximum Gasteiger partial charge on any atom is 0.221 e. The van der Waals surface area contributed by atoms with E-state index in [1.165, 1.54) is 0 Å². The number of para-hydroxylation sites is 1. The van der Waals surface area contributed by atoms with Crippen LogP contribution in [0.2, 0.25) is 0 Å². The van der Waals surface area contributed by atoms with Crippen molar-refractivity contribution >= 4 is 11.6 Å². The van der Waals surface area contributed by atoms with E-state index in [1.54, 1.807) is 6.26 Å². The van der Waals surface area contributed by atoms with Gasteiger partial charge in [0.1, 0.15) is 5.76 Å². The number of rotatable bonds is 6. The first kappa shape index (κ1) is 13.2. The Kier molecular flexibility index (Phi) is 4.23. The summed E-state index contributed by atoms with van der Waals surface area (Å²) in [6, 6.07) is 11.7. The zero-order chi connectivity index (χ0) is 13.7. The minimum absolute atomic E-state index is 0.208. The van der Waals surface area contributed by atoms with Crippen molar-refractivity contribution in [1.82, 2.24) is 0 Å². The normalized spacial score (nSPS) is 12.1. The standard InChI is InChI=1S/C15H18N2O2/c1-11(9-13-6-4-8-19-13)17-14-7-3-2-5-12(14)10-15(16)18/h2-8,11,17H,9-10H2,1H3,(H2,16,18). The average molecular weight is 258 g/mol. The topological polar surface area (TPSA) is 68.3 Å². The molecule has 0 spiro atoms. The summed E-state index contributed by atoms with van der Waals surface area (Å²) in [5.41, 5.74) is 7.11. The molecule has 1 aromatic carbocycles. The van der Waals surface area contributed by atoms with E-state index in [0.717, 1.165) is 23.4 Å². The van der Waals surface area contributed by atoms with Gasteiger partial charge in [-0.1, -0.05) is 18.2 Å². The molecule has 0 fully saturated rings. The van der Waals surface area contributed by atoms with Crippen LogP contribution in [0, 0.1) is 0 Å². The Bertz CT molecular complexity index is 535.